The van der Waals surface area contributed by atoms with Crippen LogP contribution in [-0.2, 0) is 9.59 Å². The Balaban J connectivity index is 1.63. The summed E-state index contributed by atoms with van der Waals surface area (Å²) in [4.78, 5) is 44.1. The lowest BCUT2D eigenvalue weighted by molar-refractivity contribution is -0.131. The molecule has 0 spiro atoms. The molecule has 25 heavy (non-hydrogen) atoms. The van der Waals surface area contributed by atoms with Gasteiger partial charge in [-0.2, -0.15) is 0 Å². The lowest BCUT2D eigenvalue weighted by atomic mass is 10.1. The Kier molecular flexibility index (Phi) is 5.52. The van der Waals surface area contributed by atoms with E-state index in [2.05, 4.69) is 20.5 Å². The summed E-state index contributed by atoms with van der Waals surface area (Å²) >= 11 is 0. The third-order valence-electron chi connectivity index (χ3n) is 4.23. The van der Waals surface area contributed by atoms with Gasteiger partial charge in [0.25, 0.3) is 5.91 Å². The standard InChI is InChI=1S/C17H21N5O3/c23-15-14(12-19-8-11-21-9-6-18-7-10-21)16(24)22(17(25)20-15)13-4-2-1-3-5-13/h1-5,12,14,18H,6-11H2,(H,20,23,25)/t14-/m0/s1. The summed E-state index contributed by atoms with van der Waals surface area (Å²) in [5.74, 6) is -2.29. The molecule has 4 amide bonds. The third-order valence-corrected chi connectivity index (χ3v) is 4.23. The Bertz CT molecular complexity index is 670. The summed E-state index contributed by atoms with van der Waals surface area (Å²) in [5.41, 5.74) is 0.428. The van der Waals surface area contributed by atoms with Crippen LogP contribution in [0.5, 0.6) is 0 Å². The Hall–Kier alpha value is -2.58. The quantitative estimate of drug-likeness (QED) is 0.573. The molecule has 132 valence electrons. The predicted molar refractivity (Wildman–Crippen MR) is 93.6 cm³/mol. The average molecular weight is 343 g/mol. The molecule has 8 nitrogen and oxygen atoms in total. The first-order valence-electron chi connectivity index (χ1n) is 8.33. The fourth-order valence-electron chi connectivity index (χ4n) is 2.86. The smallest absolute Gasteiger partial charge is 0.314 e. The molecular weight excluding hydrogens is 322 g/mol. The van der Waals surface area contributed by atoms with E-state index in [-0.39, 0.29) is 0 Å². The van der Waals surface area contributed by atoms with Gasteiger partial charge in [0.2, 0.25) is 5.91 Å². The van der Waals surface area contributed by atoms with Crippen LogP contribution in [0.3, 0.4) is 0 Å². The topological polar surface area (TPSA) is 94.1 Å². The minimum absolute atomic E-state index is 0.428. The van der Waals surface area contributed by atoms with Gasteiger partial charge in [-0.3, -0.25) is 24.8 Å². The van der Waals surface area contributed by atoms with E-state index in [1.54, 1.807) is 30.3 Å². The number of benzene rings is 1. The van der Waals surface area contributed by atoms with E-state index >= 15 is 0 Å². The first-order chi connectivity index (χ1) is 12.2. The Morgan fingerprint density at radius 3 is 2.56 bits per heavy atom. The molecule has 0 bridgehead atoms. The maximum atomic E-state index is 12.6. The molecule has 1 atom stereocenters. The van der Waals surface area contributed by atoms with E-state index in [0.29, 0.717) is 12.2 Å². The Morgan fingerprint density at radius 2 is 1.84 bits per heavy atom. The highest BCUT2D eigenvalue weighted by atomic mass is 16.2. The molecule has 2 N–H and O–H groups in total. The number of para-hydroxylation sites is 1. The molecule has 2 aliphatic rings. The van der Waals surface area contributed by atoms with Crippen molar-refractivity contribution in [3.63, 3.8) is 0 Å². The summed E-state index contributed by atoms with van der Waals surface area (Å²) in [6.45, 7) is 5.14. The first kappa shape index (κ1) is 17.2. The maximum Gasteiger partial charge on any atom is 0.335 e. The molecular formula is C17H21N5O3. The average Bonchev–Trinajstić information content (AvgIpc) is 2.62. The molecule has 1 aromatic rings. The number of imide groups is 2. The number of hydrogen-bond acceptors (Lipinski definition) is 6. The molecule has 3 rings (SSSR count). The number of nitrogens with zero attached hydrogens (tertiary/aromatic N) is 3. The lowest BCUT2D eigenvalue weighted by Crippen LogP contribution is -2.58. The number of piperazine rings is 1. The van der Waals surface area contributed by atoms with Crippen LogP contribution >= 0.6 is 0 Å². The number of barbiturate groups is 1. The van der Waals surface area contributed by atoms with Crippen LogP contribution in [0.1, 0.15) is 0 Å². The minimum Gasteiger partial charge on any atom is -0.314 e. The summed E-state index contributed by atoms with van der Waals surface area (Å²) in [7, 11) is 0. The molecule has 2 saturated heterocycles. The zero-order valence-electron chi connectivity index (χ0n) is 13.9. The van der Waals surface area contributed by atoms with Crippen LogP contribution in [0, 0.1) is 5.92 Å². The van der Waals surface area contributed by atoms with E-state index in [1.807, 2.05) is 0 Å². The normalized spacial score (nSPS) is 22.5. The fourth-order valence-corrected chi connectivity index (χ4v) is 2.86. The van der Waals surface area contributed by atoms with Gasteiger partial charge in [-0.25, -0.2) is 9.69 Å². The van der Waals surface area contributed by atoms with Gasteiger partial charge in [0.05, 0.1) is 12.2 Å². The van der Waals surface area contributed by atoms with Crippen molar-refractivity contribution in [2.24, 2.45) is 10.9 Å². The zero-order chi connectivity index (χ0) is 17.6. The van der Waals surface area contributed by atoms with Crippen molar-refractivity contribution < 1.29 is 14.4 Å². The van der Waals surface area contributed by atoms with E-state index < -0.39 is 23.8 Å². The number of anilines is 1. The third kappa shape index (κ3) is 4.09. The van der Waals surface area contributed by atoms with Crippen LogP contribution in [-0.4, -0.2) is 68.2 Å². The van der Waals surface area contributed by atoms with Gasteiger partial charge in [-0.15, -0.1) is 0 Å². The van der Waals surface area contributed by atoms with Crippen LogP contribution < -0.4 is 15.5 Å². The van der Waals surface area contributed by atoms with Crippen molar-refractivity contribution in [1.82, 2.24) is 15.5 Å². The van der Waals surface area contributed by atoms with Crippen molar-refractivity contribution >= 4 is 29.7 Å². The van der Waals surface area contributed by atoms with Crippen LogP contribution in [0.2, 0.25) is 0 Å². The SMILES string of the molecule is O=C1NC(=O)N(c2ccccc2)C(=O)[C@H]1C=NCCN1CCNCC1. The zero-order valence-corrected chi connectivity index (χ0v) is 13.9. The maximum absolute atomic E-state index is 12.6. The number of rotatable bonds is 5. The minimum atomic E-state index is -1.08. The van der Waals surface area contributed by atoms with Crippen LogP contribution in [0.25, 0.3) is 0 Å². The largest absolute Gasteiger partial charge is 0.335 e. The summed E-state index contributed by atoms with van der Waals surface area (Å²) in [6, 6.07) is 7.80. The number of aliphatic imine (C=N–C) groups is 1. The molecule has 0 aromatic heterocycles. The monoisotopic (exact) mass is 343 g/mol. The molecule has 0 radical (unpaired) electrons. The number of urea groups is 1. The van der Waals surface area contributed by atoms with Crippen LogP contribution in [0.4, 0.5) is 10.5 Å². The van der Waals surface area contributed by atoms with Crippen molar-refractivity contribution in [1.29, 1.82) is 0 Å². The van der Waals surface area contributed by atoms with Gasteiger partial charge in [0.15, 0.2) is 5.92 Å². The summed E-state index contributed by atoms with van der Waals surface area (Å²) < 4.78 is 0. The Labute approximate surface area is 145 Å². The van der Waals surface area contributed by atoms with E-state index in [1.165, 1.54) is 6.21 Å². The molecule has 0 unspecified atom stereocenters. The van der Waals surface area contributed by atoms with Gasteiger partial charge in [0.1, 0.15) is 0 Å². The summed E-state index contributed by atoms with van der Waals surface area (Å²) in [6.07, 6.45) is 1.35. The van der Waals surface area contributed by atoms with Gasteiger partial charge in [-0.1, -0.05) is 18.2 Å². The van der Waals surface area contributed by atoms with Gasteiger partial charge >= 0.3 is 6.03 Å². The predicted octanol–water partition coefficient (Wildman–Crippen LogP) is -0.138. The fraction of sp³-hybridized carbons (Fsp3) is 0.412. The highest BCUT2D eigenvalue weighted by Gasteiger charge is 2.40. The molecule has 2 fully saturated rings. The van der Waals surface area contributed by atoms with E-state index in [9.17, 15) is 14.4 Å². The molecule has 2 heterocycles. The highest BCUT2D eigenvalue weighted by molar-refractivity contribution is 6.32. The number of carbonyl (C=O) groups is 3. The second kappa shape index (κ2) is 8.00. The molecule has 0 saturated carbocycles. The molecule has 0 aliphatic carbocycles. The summed E-state index contributed by atoms with van der Waals surface area (Å²) in [5, 5.41) is 5.49. The lowest BCUT2D eigenvalue weighted by Gasteiger charge is -2.28. The van der Waals surface area contributed by atoms with E-state index in [0.717, 1.165) is 37.6 Å². The molecule has 2 aliphatic heterocycles. The van der Waals surface area contributed by atoms with Crippen LogP contribution in [0.15, 0.2) is 35.3 Å². The number of nitrogens with one attached hydrogen (secondary N) is 2. The number of carbonyl (C=O) groups excluding carboxylic acids is 3. The van der Waals surface area contributed by atoms with E-state index in [4.69, 9.17) is 0 Å². The van der Waals surface area contributed by atoms with Crippen molar-refractivity contribution in [3.05, 3.63) is 30.3 Å². The second-order valence-corrected chi connectivity index (χ2v) is 5.93. The van der Waals surface area contributed by atoms with Gasteiger partial charge in [-0.05, 0) is 12.1 Å². The molecule has 8 heteroatoms. The molecule has 1 aromatic carbocycles. The number of hydrogen-bond donors (Lipinski definition) is 2. The van der Waals surface area contributed by atoms with Crippen molar-refractivity contribution in [3.8, 4) is 0 Å². The Morgan fingerprint density at radius 1 is 1.12 bits per heavy atom. The first-order valence-corrected chi connectivity index (χ1v) is 8.33. The second-order valence-electron chi connectivity index (χ2n) is 5.93. The highest BCUT2D eigenvalue weighted by Crippen LogP contribution is 2.19. The van der Waals surface area contributed by atoms with Crippen molar-refractivity contribution in [2.75, 3.05) is 44.2 Å². The van der Waals surface area contributed by atoms with Gasteiger partial charge in [0, 0.05) is 38.9 Å². The van der Waals surface area contributed by atoms with Crippen molar-refractivity contribution in [2.45, 2.75) is 0 Å². The number of amides is 4. The van der Waals surface area contributed by atoms with Gasteiger partial charge < -0.3 is 5.32 Å².